The number of hydrogen-bond donors (Lipinski definition) is 0. The molecule has 88 valence electrons. The van der Waals surface area contributed by atoms with Crippen LogP contribution in [0.15, 0.2) is 12.7 Å². The van der Waals surface area contributed by atoms with Crippen LogP contribution < -0.4 is 0 Å². The van der Waals surface area contributed by atoms with E-state index in [0.29, 0.717) is 0 Å². The van der Waals surface area contributed by atoms with Crippen molar-refractivity contribution in [3.8, 4) is 0 Å². The van der Waals surface area contributed by atoms with Gasteiger partial charge in [0.25, 0.3) is 0 Å². The van der Waals surface area contributed by atoms with Gasteiger partial charge in [0.2, 0.25) is 5.91 Å². The third-order valence-electron chi connectivity index (χ3n) is 1.27. The zero-order chi connectivity index (χ0) is 12.3. The molecule has 0 aromatic carbocycles. The Hall–Kier alpha value is -0.320. The summed E-state index contributed by atoms with van der Waals surface area (Å²) in [7, 11) is -5.60. The molecule has 4 nitrogen and oxygen atoms in total. The van der Waals surface area contributed by atoms with Gasteiger partial charge in [-0.05, 0) is 0 Å². The third kappa shape index (κ3) is 3.33. The van der Waals surface area contributed by atoms with Crippen LogP contribution in [0.5, 0.6) is 0 Å². The molecular formula is C6H7F3INO3S. The molecule has 0 N–H and O–H groups in total. The Morgan fingerprint density at radius 1 is 1.47 bits per heavy atom. The maximum atomic E-state index is 12.1. The van der Waals surface area contributed by atoms with Gasteiger partial charge in [-0.25, -0.2) is 4.31 Å². The van der Waals surface area contributed by atoms with Crippen LogP contribution in [0.2, 0.25) is 0 Å². The van der Waals surface area contributed by atoms with E-state index in [9.17, 15) is 26.4 Å². The fourth-order valence-corrected chi connectivity index (χ4v) is 2.17. The van der Waals surface area contributed by atoms with Crippen molar-refractivity contribution in [2.75, 3.05) is 11.0 Å². The predicted octanol–water partition coefficient (Wildman–Crippen LogP) is 1.29. The van der Waals surface area contributed by atoms with Crippen LogP contribution in [0.25, 0.3) is 0 Å². The summed E-state index contributed by atoms with van der Waals surface area (Å²) in [5.41, 5.74) is -5.47. The van der Waals surface area contributed by atoms with Gasteiger partial charge in [0.1, 0.15) is 0 Å². The molecule has 0 aliphatic heterocycles. The van der Waals surface area contributed by atoms with Crippen molar-refractivity contribution in [3.05, 3.63) is 12.7 Å². The summed E-state index contributed by atoms with van der Waals surface area (Å²) < 4.78 is 57.4. The standard InChI is InChI=1S/C6H7F3INO3S/c1-2-3-11(5(12)4-10)15(13,14)6(7,8)9/h2H,1,3-4H2. The van der Waals surface area contributed by atoms with Crippen LogP contribution in [0.1, 0.15) is 0 Å². The lowest BCUT2D eigenvalue weighted by Crippen LogP contribution is -2.44. The summed E-state index contributed by atoms with van der Waals surface area (Å²) in [6.45, 7) is 2.39. The smallest absolute Gasteiger partial charge is 0.273 e. The Morgan fingerprint density at radius 3 is 2.20 bits per heavy atom. The number of hydrogen-bond acceptors (Lipinski definition) is 3. The van der Waals surface area contributed by atoms with E-state index in [1.54, 1.807) is 0 Å². The van der Waals surface area contributed by atoms with E-state index in [4.69, 9.17) is 0 Å². The van der Waals surface area contributed by atoms with Gasteiger partial charge in [0, 0.05) is 0 Å². The molecule has 0 aromatic rings. The SMILES string of the molecule is C=CCN(C(=O)CI)S(=O)(=O)C(F)(F)F. The van der Waals surface area contributed by atoms with E-state index < -0.39 is 28.0 Å². The number of nitrogens with zero attached hydrogens (tertiary/aromatic N) is 1. The van der Waals surface area contributed by atoms with E-state index in [1.807, 2.05) is 0 Å². The zero-order valence-corrected chi connectivity index (χ0v) is 10.3. The molecule has 0 aliphatic rings. The van der Waals surface area contributed by atoms with Gasteiger partial charge >= 0.3 is 15.5 Å². The van der Waals surface area contributed by atoms with Crippen molar-refractivity contribution in [3.63, 3.8) is 0 Å². The average molecular weight is 357 g/mol. The quantitative estimate of drug-likeness (QED) is 0.433. The molecule has 0 aromatic heterocycles. The van der Waals surface area contributed by atoms with Crippen LogP contribution in [-0.2, 0) is 14.8 Å². The highest BCUT2D eigenvalue weighted by molar-refractivity contribution is 14.1. The second kappa shape index (κ2) is 5.14. The highest BCUT2D eigenvalue weighted by Crippen LogP contribution is 2.27. The minimum atomic E-state index is -5.60. The first-order valence-corrected chi connectivity index (χ1v) is 6.43. The van der Waals surface area contributed by atoms with Gasteiger partial charge in [0.15, 0.2) is 0 Å². The normalized spacial score (nSPS) is 12.3. The Kier molecular flexibility index (Phi) is 5.03. The number of sulfonamides is 1. The van der Waals surface area contributed by atoms with Crippen LogP contribution in [0.4, 0.5) is 13.2 Å². The molecule has 0 aliphatic carbocycles. The van der Waals surface area contributed by atoms with Crippen molar-refractivity contribution in [2.24, 2.45) is 0 Å². The van der Waals surface area contributed by atoms with Gasteiger partial charge in [-0.15, -0.1) is 6.58 Å². The summed E-state index contributed by atoms with van der Waals surface area (Å²) in [6, 6.07) is 0. The largest absolute Gasteiger partial charge is 0.516 e. The second-order valence-corrected chi connectivity index (χ2v) is 4.91. The first-order valence-electron chi connectivity index (χ1n) is 3.47. The van der Waals surface area contributed by atoms with Gasteiger partial charge < -0.3 is 0 Å². The molecule has 0 spiro atoms. The van der Waals surface area contributed by atoms with E-state index in [2.05, 4.69) is 6.58 Å². The molecule has 0 fully saturated rings. The van der Waals surface area contributed by atoms with Crippen LogP contribution in [-0.4, -0.2) is 35.1 Å². The zero-order valence-electron chi connectivity index (χ0n) is 7.29. The maximum absolute atomic E-state index is 12.1. The molecule has 0 saturated carbocycles. The molecule has 9 heteroatoms. The Labute approximate surface area is 98.3 Å². The molecule has 0 heterocycles. The van der Waals surface area contributed by atoms with Crippen molar-refractivity contribution in [1.29, 1.82) is 0 Å². The fraction of sp³-hybridized carbons (Fsp3) is 0.500. The highest BCUT2D eigenvalue weighted by Gasteiger charge is 2.51. The third-order valence-corrected chi connectivity index (χ3v) is 3.44. The number of carbonyl (C=O) groups is 1. The summed E-state index contributed by atoms with van der Waals surface area (Å²) in [4.78, 5) is 11.0. The summed E-state index contributed by atoms with van der Waals surface area (Å²) >= 11 is 1.48. The van der Waals surface area contributed by atoms with E-state index in [-0.39, 0.29) is 8.73 Å². The van der Waals surface area contributed by atoms with Gasteiger partial charge in [-0.2, -0.15) is 21.6 Å². The minimum Gasteiger partial charge on any atom is -0.273 e. The summed E-state index contributed by atoms with van der Waals surface area (Å²) in [6.07, 6.45) is 0.910. The summed E-state index contributed by atoms with van der Waals surface area (Å²) in [5, 5.41) is 0. The lowest BCUT2D eigenvalue weighted by molar-refractivity contribution is -0.124. The highest BCUT2D eigenvalue weighted by atomic mass is 127. The topological polar surface area (TPSA) is 54.5 Å². The lowest BCUT2D eigenvalue weighted by Gasteiger charge is -2.21. The summed E-state index contributed by atoms with van der Waals surface area (Å²) in [5.74, 6) is -1.13. The van der Waals surface area contributed by atoms with Crippen LogP contribution >= 0.6 is 22.6 Å². The number of amides is 1. The molecule has 1 amide bonds. The first-order chi connectivity index (χ1) is 6.68. The first kappa shape index (κ1) is 14.7. The maximum Gasteiger partial charge on any atom is 0.516 e. The molecule has 0 saturated heterocycles. The number of rotatable bonds is 4. The Bertz CT molecular complexity index is 351. The molecular weight excluding hydrogens is 350 g/mol. The molecule has 0 atom stereocenters. The molecule has 0 unspecified atom stereocenters. The molecule has 0 rings (SSSR count). The monoisotopic (exact) mass is 357 g/mol. The molecule has 0 radical (unpaired) electrons. The number of halogens is 4. The van der Waals surface area contributed by atoms with Crippen molar-refractivity contribution >= 4 is 38.5 Å². The van der Waals surface area contributed by atoms with E-state index in [1.165, 1.54) is 22.6 Å². The molecule has 15 heavy (non-hydrogen) atoms. The number of alkyl halides is 4. The van der Waals surface area contributed by atoms with Gasteiger partial charge in [-0.1, -0.05) is 28.7 Å². The molecule has 0 bridgehead atoms. The average Bonchev–Trinajstić information content (AvgIpc) is 2.10. The van der Waals surface area contributed by atoms with Crippen LogP contribution in [0, 0.1) is 0 Å². The van der Waals surface area contributed by atoms with Gasteiger partial charge in [0.05, 0.1) is 11.0 Å². The van der Waals surface area contributed by atoms with E-state index in [0.717, 1.165) is 6.08 Å². The minimum absolute atomic E-state index is 0.244. The van der Waals surface area contributed by atoms with Crippen LogP contribution in [0.3, 0.4) is 0 Å². The Morgan fingerprint density at radius 2 is 1.93 bits per heavy atom. The van der Waals surface area contributed by atoms with Crippen molar-refractivity contribution < 1.29 is 26.4 Å². The number of carbonyl (C=O) groups excluding carboxylic acids is 1. The fourth-order valence-electron chi connectivity index (χ4n) is 0.643. The van der Waals surface area contributed by atoms with Crippen molar-refractivity contribution in [2.45, 2.75) is 5.51 Å². The van der Waals surface area contributed by atoms with Gasteiger partial charge in [-0.3, -0.25) is 4.79 Å². The van der Waals surface area contributed by atoms with Crippen molar-refractivity contribution in [1.82, 2.24) is 4.31 Å². The lowest BCUT2D eigenvalue weighted by atomic mass is 10.6. The van der Waals surface area contributed by atoms with E-state index >= 15 is 0 Å². The Balaban J connectivity index is 5.27. The predicted molar refractivity (Wildman–Crippen MR) is 55.8 cm³/mol. The second-order valence-electron chi connectivity index (χ2n) is 2.30.